The van der Waals surface area contributed by atoms with Gasteiger partial charge in [0.15, 0.2) is 0 Å². The zero-order chi connectivity index (χ0) is 15.5. The Kier molecular flexibility index (Phi) is 4.34. The number of nitrogens with one attached hydrogen (secondary N) is 1. The van der Waals surface area contributed by atoms with Gasteiger partial charge in [0.05, 0.1) is 0 Å². The Morgan fingerprint density at radius 3 is 2.77 bits per heavy atom. The number of aryl methyl sites for hydroxylation is 2. The van der Waals surface area contributed by atoms with Gasteiger partial charge in [-0.3, -0.25) is 4.90 Å². The Morgan fingerprint density at radius 1 is 1.27 bits per heavy atom. The van der Waals surface area contributed by atoms with Crippen molar-refractivity contribution in [2.75, 3.05) is 25.5 Å². The summed E-state index contributed by atoms with van der Waals surface area (Å²) in [6, 6.07) is 6.17. The molecule has 5 nitrogen and oxygen atoms in total. The lowest BCUT2D eigenvalue weighted by Crippen LogP contribution is -2.21. The number of pyridine rings is 1. The molecule has 1 fully saturated rings. The second-order valence-corrected chi connectivity index (χ2v) is 5.99. The van der Waals surface area contributed by atoms with Gasteiger partial charge in [0.2, 0.25) is 0 Å². The molecule has 0 aliphatic carbocycles. The highest BCUT2D eigenvalue weighted by atomic mass is 15.2. The minimum Gasteiger partial charge on any atom is -0.373 e. The van der Waals surface area contributed by atoms with Crippen molar-refractivity contribution in [3.63, 3.8) is 0 Å². The summed E-state index contributed by atoms with van der Waals surface area (Å²) >= 11 is 0. The van der Waals surface area contributed by atoms with Gasteiger partial charge in [-0.2, -0.15) is 0 Å². The van der Waals surface area contributed by atoms with E-state index < -0.39 is 0 Å². The molecule has 22 heavy (non-hydrogen) atoms. The van der Waals surface area contributed by atoms with Gasteiger partial charge in [-0.15, -0.1) is 0 Å². The summed E-state index contributed by atoms with van der Waals surface area (Å²) in [5.74, 6) is 2.40. The Hall–Kier alpha value is -2.01. The third-order valence-electron chi connectivity index (χ3n) is 4.16. The molecule has 0 spiro atoms. The minimum atomic E-state index is 0.438. The van der Waals surface area contributed by atoms with Gasteiger partial charge in [-0.05, 0) is 38.9 Å². The summed E-state index contributed by atoms with van der Waals surface area (Å²) < 4.78 is 0. The van der Waals surface area contributed by atoms with E-state index in [1.807, 2.05) is 39.2 Å². The molecular weight excluding hydrogens is 274 g/mol. The average Bonchev–Trinajstić information content (AvgIpc) is 2.95. The lowest BCUT2D eigenvalue weighted by atomic mass is 10.1. The lowest BCUT2D eigenvalue weighted by molar-refractivity contribution is 0.326. The van der Waals surface area contributed by atoms with Crippen molar-refractivity contribution in [2.45, 2.75) is 32.7 Å². The minimum absolute atomic E-state index is 0.438. The summed E-state index contributed by atoms with van der Waals surface area (Å²) in [6.07, 6.45) is 2.95. The van der Waals surface area contributed by atoms with Gasteiger partial charge in [-0.1, -0.05) is 6.07 Å². The summed E-state index contributed by atoms with van der Waals surface area (Å²) in [5, 5.41) is 3.16. The van der Waals surface area contributed by atoms with Gasteiger partial charge >= 0.3 is 0 Å². The molecule has 1 aliphatic rings. The van der Waals surface area contributed by atoms with Crippen LogP contribution >= 0.6 is 0 Å². The lowest BCUT2D eigenvalue weighted by Gasteiger charge is -2.17. The topological polar surface area (TPSA) is 53.9 Å². The number of nitrogens with zero attached hydrogens (tertiary/aromatic N) is 4. The van der Waals surface area contributed by atoms with Crippen LogP contribution in [0.3, 0.4) is 0 Å². The second kappa shape index (κ2) is 6.40. The van der Waals surface area contributed by atoms with Crippen LogP contribution in [-0.4, -0.2) is 40.0 Å². The first kappa shape index (κ1) is 14.9. The fourth-order valence-corrected chi connectivity index (χ4v) is 3.16. The third-order valence-corrected chi connectivity index (χ3v) is 4.16. The largest absolute Gasteiger partial charge is 0.373 e. The molecule has 3 rings (SSSR count). The summed E-state index contributed by atoms with van der Waals surface area (Å²) in [5.41, 5.74) is 3.36. The Morgan fingerprint density at radius 2 is 2.05 bits per heavy atom. The van der Waals surface area contributed by atoms with E-state index in [0.717, 1.165) is 49.1 Å². The van der Waals surface area contributed by atoms with E-state index in [1.165, 1.54) is 5.56 Å². The van der Waals surface area contributed by atoms with Crippen molar-refractivity contribution in [3.05, 3.63) is 47.2 Å². The van der Waals surface area contributed by atoms with Crippen molar-refractivity contribution < 1.29 is 0 Å². The highest BCUT2D eigenvalue weighted by Gasteiger charge is 2.26. The van der Waals surface area contributed by atoms with Gasteiger partial charge < -0.3 is 5.32 Å². The number of aromatic nitrogens is 3. The number of rotatable bonds is 4. The molecule has 2 aromatic heterocycles. The fourth-order valence-electron chi connectivity index (χ4n) is 3.16. The van der Waals surface area contributed by atoms with Crippen molar-refractivity contribution >= 4 is 5.82 Å². The van der Waals surface area contributed by atoms with E-state index >= 15 is 0 Å². The Labute approximate surface area is 131 Å². The monoisotopic (exact) mass is 297 g/mol. The predicted octanol–water partition coefficient (Wildman–Crippen LogP) is 2.52. The van der Waals surface area contributed by atoms with E-state index in [-0.39, 0.29) is 0 Å². The SMILES string of the molecule is CNc1ncccc1CN1CCC(c2nc(C)cc(C)n2)C1. The maximum atomic E-state index is 4.63. The molecule has 1 N–H and O–H groups in total. The molecule has 0 bridgehead atoms. The molecule has 3 heterocycles. The number of anilines is 1. The standard InChI is InChI=1S/C17H23N5/c1-12-9-13(2)21-17(20-12)15-6-8-22(11-15)10-14-5-4-7-19-16(14)18-3/h4-5,7,9,15H,6,8,10-11H2,1-3H3,(H,18,19). The van der Waals surface area contributed by atoms with E-state index in [0.29, 0.717) is 5.92 Å². The molecule has 2 aromatic rings. The van der Waals surface area contributed by atoms with Crippen LogP contribution < -0.4 is 5.32 Å². The van der Waals surface area contributed by atoms with Gasteiger partial charge in [-0.25, -0.2) is 15.0 Å². The molecule has 0 aromatic carbocycles. The quantitative estimate of drug-likeness (QED) is 0.940. The maximum absolute atomic E-state index is 4.63. The molecule has 1 atom stereocenters. The van der Waals surface area contributed by atoms with Crippen LogP contribution in [0.5, 0.6) is 0 Å². The molecule has 1 saturated heterocycles. The van der Waals surface area contributed by atoms with Crippen LogP contribution in [0.4, 0.5) is 5.82 Å². The molecule has 1 unspecified atom stereocenters. The fraction of sp³-hybridized carbons (Fsp3) is 0.471. The predicted molar refractivity (Wildman–Crippen MR) is 87.9 cm³/mol. The highest BCUT2D eigenvalue weighted by molar-refractivity contribution is 5.42. The number of hydrogen-bond acceptors (Lipinski definition) is 5. The maximum Gasteiger partial charge on any atom is 0.133 e. The van der Waals surface area contributed by atoms with Crippen LogP contribution in [0.15, 0.2) is 24.4 Å². The Balaban J connectivity index is 1.69. The van der Waals surface area contributed by atoms with E-state index in [4.69, 9.17) is 0 Å². The van der Waals surface area contributed by atoms with E-state index in [2.05, 4.69) is 31.2 Å². The van der Waals surface area contributed by atoms with Crippen molar-refractivity contribution in [3.8, 4) is 0 Å². The molecule has 5 heteroatoms. The second-order valence-electron chi connectivity index (χ2n) is 5.99. The van der Waals surface area contributed by atoms with E-state index in [9.17, 15) is 0 Å². The Bertz CT molecular complexity index is 635. The van der Waals surface area contributed by atoms with E-state index in [1.54, 1.807) is 0 Å². The number of hydrogen-bond donors (Lipinski definition) is 1. The summed E-state index contributed by atoms with van der Waals surface area (Å²) in [7, 11) is 1.92. The normalized spacial score (nSPS) is 18.6. The number of likely N-dealkylation sites (tertiary alicyclic amines) is 1. The van der Waals surface area contributed by atoms with Gasteiger partial charge in [0, 0.05) is 49.2 Å². The first-order valence-electron chi connectivity index (χ1n) is 7.82. The first-order valence-corrected chi connectivity index (χ1v) is 7.82. The van der Waals surface area contributed by atoms with Crippen LogP contribution in [0.1, 0.15) is 35.1 Å². The van der Waals surface area contributed by atoms with Crippen LogP contribution in [-0.2, 0) is 6.54 Å². The molecule has 0 saturated carbocycles. The average molecular weight is 297 g/mol. The van der Waals surface area contributed by atoms with Crippen molar-refractivity contribution in [1.82, 2.24) is 19.9 Å². The first-order chi connectivity index (χ1) is 10.7. The smallest absolute Gasteiger partial charge is 0.133 e. The van der Waals surface area contributed by atoms with Gasteiger partial charge in [0.25, 0.3) is 0 Å². The van der Waals surface area contributed by atoms with Crippen molar-refractivity contribution in [2.24, 2.45) is 0 Å². The summed E-state index contributed by atoms with van der Waals surface area (Å²) in [4.78, 5) is 16.1. The molecule has 0 amide bonds. The zero-order valence-corrected chi connectivity index (χ0v) is 13.5. The molecule has 1 aliphatic heterocycles. The molecule has 116 valence electrons. The van der Waals surface area contributed by atoms with Crippen LogP contribution in [0, 0.1) is 13.8 Å². The zero-order valence-electron chi connectivity index (χ0n) is 13.5. The van der Waals surface area contributed by atoms with Crippen LogP contribution in [0.25, 0.3) is 0 Å². The highest BCUT2D eigenvalue weighted by Crippen LogP contribution is 2.27. The third kappa shape index (κ3) is 3.25. The molecular formula is C17H23N5. The molecule has 0 radical (unpaired) electrons. The summed E-state index contributed by atoms with van der Waals surface area (Å²) in [6.45, 7) is 7.10. The van der Waals surface area contributed by atoms with Gasteiger partial charge in [0.1, 0.15) is 11.6 Å². The van der Waals surface area contributed by atoms with Crippen molar-refractivity contribution in [1.29, 1.82) is 0 Å². The van der Waals surface area contributed by atoms with Crippen LogP contribution in [0.2, 0.25) is 0 Å².